The number of allylic oxidation sites excluding steroid dienone is 4. The first kappa shape index (κ1) is 77.7. The Balaban J connectivity index is 0.000000149. The van der Waals surface area contributed by atoms with E-state index in [0.29, 0.717) is 68.7 Å². The third-order valence-electron chi connectivity index (χ3n) is 23.4. The average molecular weight is 1540 g/mol. The smallest absolute Gasteiger partial charge is 0.258 e. The van der Waals surface area contributed by atoms with Crippen molar-refractivity contribution in [3.63, 3.8) is 0 Å². The van der Waals surface area contributed by atoms with Crippen LogP contribution in [0, 0.1) is 47.3 Å². The van der Waals surface area contributed by atoms with Gasteiger partial charge in [-0.2, -0.15) is 0 Å². The molecule has 8 unspecified atom stereocenters. The van der Waals surface area contributed by atoms with E-state index < -0.39 is 0 Å². The fourth-order valence-electron chi connectivity index (χ4n) is 16.7. The molecule has 2 saturated heterocycles. The summed E-state index contributed by atoms with van der Waals surface area (Å²) >= 11 is 0. The SMILES string of the molecule is C=Cc1ccc(CC)cc1.C=Cc1ccc(CC)cc1.CC(C)(c1ccc(Oc2ccc(N3C(=O)C4C5C=CC(C5)C4C3=O)cc2)cc1)c1ccc(Oc2ccc(N3C(=O)C4C5C=CC(C5)C4C3=O)cc2)cc1.CC(C)(c1ccc(Oc2ccc(N3C(=O)C=CC3=O)cc2)cc1)c1ccc(Oc2ccc(N3C(=O)C=CC3=O)cc2)cc1. The molecule has 8 atom stereocenters. The van der Waals surface area contributed by atoms with E-state index in [2.05, 4.69) is 152 Å². The number of hydrogen-bond donors (Lipinski definition) is 0. The minimum absolute atomic E-state index is 0.0845. The lowest BCUT2D eigenvalue weighted by atomic mass is 9.78. The lowest BCUT2D eigenvalue weighted by molar-refractivity contribution is -0.124. The van der Waals surface area contributed by atoms with Gasteiger partial charge >= 0.3 is 0 Å². The first-order chi connectivity index (χ1) is 56.1. The Bertz CT molecular complexity index is 5110. The molecular weight excluding hydrogens is 1450 g/mol. The van der Waals surface area contributed by atoms with Crippen LogP contribution in [-0.2, 0) is 62.0 Å². The van der Waals surface area contributed by atoms with E-state index in [4.69, 9.17) is 18.9 Å². The molecule has 4 bridgehead atoms. The summed E-state index contributed by atoms with van der Waals surface area (Å²) in [5.41, 5.74) is 11.1. The van der Waals surface area contributed by atoms with Crippen LogP contribution in [0.5, 0.6) is 46.0 Å². The Morgan fingerprint density at radius 3 is 0.690 bits per heavy atom. The third-order valence-corrected chi connectivity index (χ3v) is 23.4. The van der Waals surface area contributed by atoms with Crippen LogP contribution in [-0.4, -0.2) is 47.3 Å². The second kappa shape index (κ2) is 32.8. The number of carbonyl (C=O) groups is 8. The van der Waals surface area contributed by atoms with E-state index in [1.54, 1.807) is 97.1 Å². The van der Waals surface area contributed by atoms with Crippen molar-refractivity contribution < 1.29 is 57.3 Å². The number of fused-ring (bicyclic) bond motifs is 10. The molecule has 0 aromatic heterocycles. The maximum Gasteiger partial charge on any atom is 0.258 e. The van der Waals surface area contributed by atoms with Gasteiger partial charge in [-0.25, -0.2) is 9.80 Å². The van der Waals surface area contributed by atoms with Crippen LogP contribution in [0.15, 0.2) is 304 Å². The van der Waals surface area contributed by atoms with Crippen molar-refractivity contribution in [2.45, 2.75) is 78.1 Å². The standard InChI is InChI=1S/C45H38N2O6.C35H26N2O6.2C10H12/c1-45(2,29-7-15-33(16-8-29)52-35-19-11-31(12-20-35)46-41(48)37-25-3-4-26(23-25)38(37)42(46)49)30-9-17-34(18-10-30)53-36-21-13-32(14-22-36)47-43(50)39-27-5-6-28(24-27)40(39)44(47)51;1-35(2,23-3-11-27(12-4-23)42-29-15-7-25(8-16-29)36-31(38)19-20-32(36)39)24-5-13-28(14-6-24)43-30-17-9-26(10-18-30)37-33(40)21-22-34(37)41;2*1-3-9-5-7-10(4-2)8-6-9/h3-22,25-28,37-40H,23-24H2,1-2H3;3-22H,1-2H3;2*3,5-8H,1,4H2,2H3. The van der Waals surface area contributed by atoms with Gasteiger partial charge in [-0.05, 0) is 239 Å². The maximum absolute atomic E-state index is 13.2. The quantitative estimate of drug-likeness (QED) is 0.0520. The van der Waals surface area contributed by atoms with Gasteiger partial charge in [0.05, 0.1) is 46.4 Å². The van der Waals surface area contributed by atoms with E-state index >= 15 is 0 Å². The number of anilines is 4. The molecule has 18 rings (SSSR count). The Kier molecular flexibility index (Phi) is 22.0. The molecule has 0 radical (unpaired) electrons. The number of nitrogens with zero attached hydrogens (tertiary/aromatic N) is 4. The molecule has 16 nitrogen and oxygen atoms in total. The van der Waals surface area contributed by atoms with Gasteiger partial charge in [-0.3, -0.25) is 48.2 Å². The van der Waals surface area contributed by atoms with Crippen LogP contribution in [0.25, 0.3) is 12.2 Å². The van der Waals surface area contributed by atoms with Gasteiger partial charge in [0.15, 0.2) is 0 Å². The van der Waals surface area contributed by atoms with Crippen molar-refractivity contribution in [1.29, 1.82) is 0 Å². The highest BCUT2D eigenvalue weighted by Gasteiger charge is 2.61. The third kappa shape index (κ3) is 15.8. The molecule has 8 amide bonds. The van der Waals surface area contributed by atoms with Crippen molar-refractivity contribution in [1.82, 2.24) is 0 Å². The summed E-state index contributed by atoms with van der Waals surface area (Å²) in [6.07, 6.45) is 21.2. The largest absolute Gasteiger partial charge is 0.457 e. The second-order valence-corrected chi connectivity index (χ2v) is 31.0. The molecule has 0 spiro atoms. The zero-order valence-electron chi connectivity index (χ0n) is 65.4. The Morgan fingerprint density at radius 2 is 0.491 bits per heavy atom. The summed E-state index contributed by atoms with van der Waals surface area (Å²) in [4.78, 5) is 105. The van der Waals surface area contributed by atoms with Gasteiger partial charge in [0, 0.05) is 35.1 Å². The highest BCUT2D eigenvalue weighted by atomic mass is 16.5. The highest BCUT2D eigenvalue weighted by molar-refractivity contribution is 6.29. The van der Waals surface area contributed by atoms with Gasteiger partial charge in [0.25, 0.3) is 23.6 Å². The predicted octanol–water partition coefficient (Wildman–Crippen LogP) is 20.5. The molecule has 4 aliphatic carbocycles. The molecule has 16 heteroatoms. The number of rotatable bonds is 20. The lowest BCUT2D eigenvalue weighted by Gasteiger charge is -2.26. The molecule has 0 N–H and O–H groups in total. The molecule has 4 aliphatic heterocycles. The van der Waals surface area contributed by atoms with Gasteiger partial charge in [-0.15, -0.1) is 0 Å². The monoisotopic (exact) mass is 1540 g/mol. The first-order valence-electron chi connectivity index (χ1n) is 39.3. The Hall–Kier alpha value is -13.6. The van der Waals surface area contributed by atoms with Gasteiger partial charge < -0.3 is 18.9 Å². The zero-order chi connectivity index (χ0) is 81.1. The summed E-state index contributed by atoms with van der Waals surface area (Å²) in [6, 6.07) is 76.5. The number of hydrogen-bond acceptors (Lipinski definition) is 12. The fourth-order valence-corrected chi connectivity index (χ4v) is 16.7. The molecule has 8 aliphatic rings. The predicted molar refractivity (Wildman–Crippen MR) is 452 cm³/mol. The van der Waals surface area contributed by atoms with Gasteiger partial charge in [0.1, 0.15) is 46.0 Å². The maximum atomic E-state index is 13.2. The normalized spacial score (nSPS) is 20.3. The number of imide groups is 4. The number of aryl methyl sites for hydroxylation is 2. The number of amides is 8. The summed E-state index contributed by atoms with van der Waals surface area (Å²) in [6.45, 7) is 20.3. The van der Waals surface area contributed by atoms with Crippen LogP contribution < -0.4 is 38.5 Å². The average Bonchev–Trinajstić information content (AvgIpc) is 1.57. The van der Waals surface area contributed by atoms with Crippen molar-refractivity contribution in [3.05, 3.63) is 349 Å². The number of ether oxygens (including phenoxy) is 4. The van der Waals surface area contributed by atoms with Crippen LogP contribution in [0.4, 0.5) is 22.7 Å². The first-order valence-corrected chi connectivity index (χ1v) is 39.3. The van der Waals surface area contributed by atoms with Crippen LogP contribution >= 0.6 is 0 Å². The fraction of sp³-hybridized carbons (Fsp3) is 0.200. The Labute approximate surface area is 675 Å². The van der Waals surface area contributed by atoms with E-state index in [0.717, 1.165) is 57.7 Å². The van der Waals surface area contributed by atoms with Crippen LogP contribution in [0.3, 0.4) is 0 Å². The van der Waals surface area contributed by atoms with Crippen molar-refractivity contribution >= 4 is 82.2 Å². The molecule has 4 fully saturated rings. The molecule has 2 saturated carbocycles. The minimum Gasteiger partial charge on any atom is -0.457 e. The lowest BCUT2D eigenvalue weighted by Crippen LogP contribution is -2.32. The Morgan fingerprint density at radius 1 is 0.293 bits per heavy atom. The van der Waals surface area contributed by atoms with Crippen LogP contribution in [0.2, 0.25) is 0 Å². The van der Waals surface area contributed by atoms with Gasteiger partial charge in [-0.1, -0.05) is 188 Å². The van der Waals surface area contributed by atoms with E-state index in [9.17, 15) is 38.4 Å². The number of benzene rings is 10. The summed E-state index contributed by atoms with van der Waals surface area (Å²) in [7, 11) is 0. The molecule has 4 heterocycles. The van der Waals surface area contributed by atoms with Crippen molar-refractivity contribution in [2.24, 2.45) is 47.3 Å². The van der Waals surface area contributed by atoms with Crippen LogP contribution in [0.1, 0.15) is 98.9 Å². The summed E-state index contributed by atoms with van der Waals surface area (Å²) in [5.74, 6) is 3.17. The number of carbonyl (C=O) groups excluding carboxylic acids is 8. The molecule has 10 aromatic carbocycles. The van der Waals surface area contributed by atoms with Crippen molar-refractivity contribution in [3.8, 4) is 46.0 Å². The summed E-state index contributed by atoms with van der Waals surface area (Å²) < 4.78 is 24.2. The van der Waals surface area contributed by atoms with E-state index in [1.807, 2.05) is 84.9 Å². The topological polar surface area (TPSA) is 186 Å². The second-order valence-electron chi connectivity index (χ2n) is 31.0. The van der Waals surface area contributed by atoms with E-state index in [-0.39, 0.29) is 105 Å². The summed E-state index contributed by atoms with van der Waals surface area (Å²) in [5, 5.41) is 0. The zero-order valence-corrected chi connectivity index (χ0v) is 65.4. The minimum atomic E-state index is -0.362. The molecular formula is C100H88N4O12. The highest BCUT2D eigenvalue weighted by Crippen LogP contribution is 2.55. The molecule has 116 heavy (non-hydrogen) atoms. The van der Waals surface area contributed by atoms with Crippen molar-refractivity contribution in [2.75, 3.05) is 19.6 Å². The van der Waals surface area contributed by atoms with Gasteiger partial charge in [0.2, 0.25) is 23.6 Å². The van der Waals surface area contributed by atoms with E-state index in [1.165, 1.54) is 56.4 Å². The molecule has 10 aromatic rings. The molecule has 580 valence electrons.